The number of benzene rings is 3. The van der Waals surface area contributed by atoms with E-state index in [1.165, 1.54) is 66.8 Å². The first-order chi connectivity index (χ1) is 18.7. The van der Waals surface area contributed by atoms with Crippen LogP contribution in [0, 0.1) is 41.5 Å². The SMILES string of the molecule is Cc1cc(C)c(-c2cccc(-c3c(C)cc(C)cc3C)c2B2SS[B@@-](c3n(C)cc[n+]3C)(C(C)(C)C)S2)c(C)c1. The summed E-state index contributed by atoms with van der Waals surface area (Å²) >= 11 is 2.20. The molecule has 7 heteroatoms. The van der Waals surface area contributed by atoms with Crippen molar-refractivity contribution in [2.45, 2.75) is 67.6 Å². The monoisotopic (exact) mass is 584 g/mol. The number of aromatic nitrogens is 2. The Balaban J connectivity index is 1.80. The molecule has 0 bridgehead atoms. The van der Waals surface area contributed by atoms with Gasteiger partial charge < -0.3 is 11.5 Å². The Morgan fingerprint density at radius 2 is 1.27 bits per heavy atom. The second-order valence-corrected chi connectivity index (χ2v) is 17.7. The Labute approximate surface area is 254 Å². The van der Waals surface area contributed by atoms with E-state index in [9.17, 15) is 0 Å². The molecule has 40 heavy (non-hydrogen) atoms. The van der Waals surface area contributed by atoms with Crippen molar-refractivity contribution in [3.8, 4) is 22.3 Å². The molecule has 1 aliphatic rings. The lowest BCUT2D eigenvalue weighted by Gasteiger charge is -2.44. The van der Waals surface area contributed by atoms with Gasteiger partial charge in [-0.05, 0) is 91.5 Å². The van der Waals surface area contributed by atoms with Crippen molar-refractivity contribution in [3.63, 3.8) is 0 Å². The highest BCUT2D eigenvalue weighted by atomic mass is 33.1. The quantitative estimate of drug-likeness (QED) is 0.137. The Bertz CT molecular complexity index is 1480. The topological polar surface area (TPSA) is 8.81 Å². The fourth-order valence-corrected chi connectivity index (χ4v) is 15.0. The van der Waals surface area contributed by atoms with Gasteiger partial charge in [-0.25, -0.2) is 0 Å². The van der Waals surface area contributed by atoms with Crippen LogP contribution in [0.5, 0.6) is 0 Å². The van der Waals surface area contributed by atoms with E-state index < -0.39 is 4.70 Å². The van der Waals surface area contributed by atoms with E-state index in [2.05, 4.69) is 173 Å². The normalized spacial score (nSPS) is 17.6. The minimum absolute atomic E-state index is 0.0987. The summed E-state index contributed by atoms with van der Waals surface area (Å²) in [6, 6.07) is 16.4. The number of hydrogen-bond acceptors (Lipinski definition) is 3. The van der Waals surface area contributed by atoms with Crippen LogP contribution in [0.1, 0.15) is 54.2 Å². The lowest BCUT2D eigenvalue weighted by atomic mass is 9.50. The zero-order valence-corrected chi connectivity index (χ0v) is 28.4. The number of hydrogen-bond donors (Lipinski definition) is 0. The van der Waals surface area contributed by atoms with Gasteiger partial charge in [0.1, 0.15) is 12.4 Å². The molecule has 0 spiro atoms. The van der Waals surface area contributed by atoms with Crippen LogP contribution >= 0.6 is 32.8 Å². The first-order valence-corrected chi connectivity index (χ1v) is 17.4. The van der Waals surface area contributed by atoms with E-state index in [0.717, 1.165) is 0 Å². The highest BCUT2D eigenvalue weighted by molar-refractivity contribution is 9.15. The molecular weight excluding hydrogens is 542 g/mol. The van der Waals surface area contributed by atoms with Crippen LogP contribution in [0.3, 0.4) is 0 Å². The molecule has 1 atom stereocenters. The predicted octanol–water partition coefficient (Wildman–Crippen LogP) is 8.01. The zero-order chi connectivity index (χ0) is 29.1. The first-order valence-electron chi connectivity index (χ1n) is 14.2. The molecule has 1 fully saturated rings. The summed E-state index contributed by atoms with van der Waals surface area (Å²) in [5, 5.41) is 0.395. The molecule has 2 heterocycles. The smallest absolute Gasteiger partial charge is 0.278 e. The van der Waals surface area contributed by atoms with E-state index in [1.807, 2.05) is 0 Å². The Morgan fingerprint density at radius 3 is 1.68 bits per heavy atom. The maximum atomic E-state index is 2.43. The van der Waals surface area contributed by atoms with Gasteiger partial charge in [0.05, 0.1) is 19.8 Å². The molecule has 0 aliphatic carbocycles. The van der Waals surface area contributed by atoms with Gasteiger partial charge in [-0.15, -0.1) is 5.31 Å². The average Bonchev–Trinajstić information content (AvgIpc) is 3.41. The zero-order valence-electron chi connectivity index (χ0n) is 26.0. The molecule has 0 unspecified atom stereocenters. The Hall–Kier alpha value is -1.95. The van der Waals surface area contributed by atoms with Gasteiger partial charge >= 0.3 is 0 Å². The second kappa shape index (κ2) is 10.7. The van der Waals surface area contributed by atoms with Crippen molar-refractivity contribution in [2.24, 2.45) is 14.1 Å². The molecule has 5 rings (SSSR count). The molecule has 2 nitrogen and oxygen atoms in total. The van der Waals surface area contributed by atoms with Crippen molar-refractivity contribution in [1.29, 1.82) is 0 Å². The van der Waals surface area contributed by atoms with Gasteiger partial charge in [0, 0.05) is 0 Å². The third-order valence-electron chi connectivity index (χ3n) is 8.54. The summed E-state index contributed by atoms with van der Waals surface area (Å²) in [5.41, 5.74) is 16.5. The number of imidazole rings is 1. The summed E-state index contributed by atoms with van der Waals surface area (Å²) in [4.78, 5) is 0. The molecule has 3 aromatic carbocycles. The fraction of sp³-hybridized carbons (Fsp3) is 0.364. The van der Waals surface area contributed by atoms with Crippen LogP contribution in [0.15, 0.2) is 54.9 Å². The number of nitrogens with zero attached hydrogens (tertiary/aromatic N) is 2. The summed E-state index contributed by atoms with van der Waals surface area (Å²) in [7, 11) is 8.61. The summed E-state index contributed by atoms with van der Waals surface area (Å²) in [6.07, 6.45) is 4.42. The van der Waals surface area contributed by atoms with Crippen molar-refractivity contribution < 1.29 is 4.57 Å². The number of aryl methyl sites for hydroxylation is 8. The van der Waals surface area contributed by atoms with Crippen LogP contribution in [0.25, 0.3) is 22.3 Å². The van der Waals surface area contributed by atoms with E-state index >= 15 is 0 Å². The summed E-state index contributed by atoms with van der Waals surface area (Å²) in [5.74, 6) is 0. The van der Waals surface area contributed by atoms with E-state index in [1.54, 1.807) is 0 Å². The second-order valence-electron chi connectivity index (χ2n) is 12.9. The van der Waals surface area contributed by atoms with E-state index in [-0.39, 0.29) is 5.31 Å². The molecule has 4 aromatic rings. The molecule has 0 saturated carbocycles. The summed E-state index contributed by atoms with van der Waals surface area (Å²) < 4.78 is 3.70. The van der Waals surface area contributed by atoms with Gasteiger partial charge in [0.2, 0.25) is 4.70 Å². The highest BCUT2D eigenvalue weighted by Gasteiger charge is 2.53. The molecular formula is C33H42B2N2S3. The standard InChI is InChI=1S/C33H42B2N2S3/c1-21-17-23(3)29(24(4)18-21)27-13-12-14-28(30-25(5)19-22(2)20-26(30)6)31(27)34-38-35(40-39-34,33(7,8)9)32-36(10)15-16-37(32)11/h12-20H,1-11H3/t35-/m0/s1. The lowest BCUT2D eigenvalue weighted by molar-refractivity contribution is -0.653. The van der Waals surface area contributed by atoms with Crippen LogP contribution in [-0.2, 0) is 14.1 Å². The maximum absolute atomic E-state index is 2.43. The minimum atomic E-state index is -1.00. The van der Waals surface area contributed by atoms with E-state index in [4.69, 9.17) is 0 Å². The van der Waals surface area contributed by atoms with Crippen molar-refractivity contribution >= 4 is 53.9 Å². The van der Waals surface area contributed by atoms with Crippen molar-refractivity contribution in [1.82, 2.24) is 4.57 Å². The fourth-order valence-electron chi connectivity index (χ4n) is 6.91. The van der Waals surface area contributed by atoms with E-state index in [0.29, 0.717) is 5.27 Å². The molecule has 0 amide bonds. The van der Waals surface area contributed by atoms with Gasteiger partial charge in [-0.3, -0.25) is 19.8 Å². The highest BCUT2D eigenvalue weighted by Crippen LogP contribution is 2.62. The molecule has 1 aliphatic heterocycles. The van der Waals surface area contributed by atoms with Gasteiger partial charge in [0.25, 0.3) is 5.27 Å². The number of rotatable bonds is 4. The molecule has 1 saturated heterocycles. The molecule has 1 aromatic heterocycles. The van der Waals surface area contributed by atoms with Crippen LogP contribution in [-0.4, -0.2) is 14.5 Å². The predicted molar refractivity (Wildman–Crippen MR) is 186 cm³/mol. The van der Waals surface area contributed by atoms with Crippen LogP contribution in [0.4, 0.5) is 0 Å². The molecule has 208 valence electrons. The Kier molecular flexibility index (Phi) is 7.91. The maximum Gasteiger partial charge on any atom is 0.278 e. The van der Waals surface area contributed by atoms with Gasteiger partial charge in [0.15, 0.2) is 0 Å². The summed E-state index contributed by atoms with van der Waals surface area (Å²) in [6.45, 7) is 20.8. The minimum Gasteiger partial charge on any atom is -0.378 e. The average molecular weight is 585 g/mol. The molecule has 0 radical (unpaired) electrons. The van der Waals surface area contributed by atoms with Gasteiger partial charge in [-0.2, -0.15) is 10.6 Å². The third-order valence-corrected chi connectivity index (χ3v) is 15.8. The van der Waals surface area contributed by atoms with Crippen LogP contribution in [0.2, 0.25) is 5.31 Å². The lowest BCUT2D eigenvalue weighted by Crippen LogP contribution is -2.64. The Morgan fingerprint density at radius 1 is 0.800 bits per heavy atom. The molecule has 0 N–H and O–H groups in total. The third kappa shape index (κ3) is 4.90. The van der Waals surface area contributed by atoms with Crippen molar-refractivity contribution in [3.05, 3.63) is 88.2 Å². The largest absolute Gasteiger partial charge is 0.378 e. The first kappa shape index (κ1) is 29.5. The van der Waals surface area contributed by atoms with Crippen LogP contribution < -0.4 is 15.8 Å². The van der Waals surface area contributed by atoms with Crippen molar-refractivity contribution in [2.75, 3.05) is 0 Å². The van der Waals surface area contributed by atoms with Gasteiger partial charge in [-0.1, -0.05) is 74.4 Å².